The van der Waals surface area contributed by atoms with Crippen LogP contribution in [0.1, 0.15) is 35.7 Å². The van der Waals surface area contributed by atoms with Crippen molar-refractivity contribution in [1.29, 1.82) is 0 Å². The molecule has 1 atom stereocenters. The predicted octanol–water partition coefficient (Wildman–Crippen LogP) is 4.00. The summed E-state index contributed by atoms with van der Waals surface area (Å²) in [7, 11) is 1.62. The summed E-state index contributed by atoms with van der Waals surface area (Å²) >= 11 is 0. The molecule has 0 unspecified atom stereocenters. The lowest BCUT2D eigenvalue weighted by molar-refractivity contribution is -0.131. The average Bonchev–Trinajstić information content (AvgIpc) is 3.25. The minimum absolute atomic E-state index is 0.0814. The quantitative estimate of drug-likeness (QED) is 0.657. The molecule has 2 heterocycles. The molecular weight excluding hydrogens is 366 g/mol. The normalized spacial score (nSPS) is 16.6. The highest BCUT2D eigenvalue weighted by Crippen LogP contribution is 2.31. The van der Waals surface area contributed by atoms with Gasteiger partial charge in [0.15, 0.2) is 5.82 Å². The molecular formula is C23H25N3O3. The Morgan fingerprint density at radius 3 is 2.79 bits per heavy atom. The third-order valence-electron chi connectivity index (χ3n) is 5.39. The molecule has 1 aliphatic rings. The van der Waals surface area contributed by atoms with E-state index in [1.54, 1.807) is 7.11 Å². The van der Waals surface area contributed by atoms with Gasteiger partial charge in [-0.1, -0.05) is 47.1 Å². The number of carbonyl (C=O) groups is 1. The lowest BCUT2D eigenvalue weighted by atomic mass is 9.96. The van der Waals surface area contributed by atoms with Gasteiger partial charge < -0.3 is 14.2 Å². The molecule has 4 rings (SSSR count). The van der Waals surface area contributed by atoms with Crippen LogP contribution in [-0.4, -0.2) is 41.1 Å². The van der Waals surface area contributed by atoms with Gasteiger partial charge in [-0.25, -0.2) is 0 Å². The van der Waals surface area contributed by atoms with Crippen LogP contribution in [0.4, 0.5) is 0 Å². The van der Waals surface area contributed by atoms with E-state index in [1.165, 1.54) is 5.56 Å². The molecule has 0 aliphatic carbocycles. The van der Waals surface area contributed by atoms with E-state index in [4.69, 9.17) is 9.26 Å². The Morgan fingerprint density at radius 1 is 1.21 bits per heavy atom. The Bertz CT molecular complexity index is 981. The van der Waals surface area contributed by atoms with Gasteiger partial charge in [0.25, 0.3) is 5.89 Å². The first kappa shape index (κ1) is 19.2. The molecule has 0 spiro atoms. The van der Waals surface area contributed by atoms with Crippen molar-refractivity contribution in [3.8, 4) is 17.2 Å². The SMILES string of the molecule is COc1ccccc1-c1nc([C@H]2CCCN(C(=O)Cc3ccc(C)cc3)C2)no1. The fourth-order valence-corrected chi connectivity index (χ4v) is 3.74. The van der Waals surface area contributed by atoms with Gasteiger partial charge in [-0.2, -0.15) is 4.98 Å². The van der Waals surface area contributed by atoms with Crippen molar-refractivity contribution in [3.05, 3.63) is 65.5 Å². The minimum Gasteiger partial charge on any atom is -0.496 e. The second kappa shape index (κ2) is 8.47. The smallest absolute Gasteiger partial charge is 0.261 e. The van der Waals surface area contributed by atoms with E-state index in [0.717, 1.165) is 30.5 Å². The number of piperidine rings is 1. The maximum absolute atomic E-state index is 12.8. The number of para-hydroxylation sites is 1. The first-order valence-electron chi connectivity index (χ1n) is 9.94. The van der Waals surface area contributed by atoms with E-state index >= 15 is 0 Å². The van der Waals surface area contributed by atoms with Gasteiger partial charge in [0.2, 0.25) is 5.91 Å². The van der Waals surface area contributed by atoms with Crippen LogP contribution in [0.2, 0.25) is 0 Å². The molecule has 1 aromatic heterocycles. The predicted molar refractivity (Wildman–Crippen MR) is 110 cm³/mol. The van der Waals surface area contributed by atoms with Gasteiger partial charge in [0, 0.05) is 19.0 Å². The number of methoxy groups -OCH3 is 1. The zero-order valence-electron chi connectivity index (χ0n) is 16.8. The average molecular weight is 391 g/mol. The van der Waals surface area contributed by atoms with E-state index in [-0.39, 0.29) is 11.8 Å². The topological polar surface area (TPSA) is 68.5 Å². The molecule has 29 heavy (non-hydrogen) atoms. The van der Waals surface area contributed by atoms with E-state index in [1.807, 2.05) is 60.4 Å². The largest absolute Gasteiger partial charge is 0.496 e. The Hall–Kier alpha value is -3.15. The van der Waals surface area contributed by atoms with Crippen molar-refractivity contribution >= 4 is 5.91 Å². The van der Waals surface area contributed by atoms with E-state index < -0.39 is 0 Å². The van der Waals surface area contributed by atoms with E-state index in [2.05, 4.69) is 10.1 Å². The van der Waals surface area contributed by atoms with Crippen LogP contribution in [0.15, 0.2) is 53.1 Å². The molecule has 3 aromatic rings. The van der Waals surface area contributed by atoms with Gasteiger partial charge in [-0.05, 0) is 37.5 Å². The number of hydrogen-bond acceptors (Lipinski definition) is 5. The first-order chi connectivity index (χ1) is 14.1. The number of nitrogens with zero attached hydrogens (tertiary/aromatic N) is 3. The molecule has 6 heteroatoms. The number of carbonyl (C=O) groups excluding carboxylic acids is 1. The first-order valence-corrected chi connectivity index (χ1v) is 9.94. The minimum atomic E-state index is 0.0814. The zero-order chi connectivity index (χ0) is 20.2. The van der Waals surface area contributed by atoms with E-state index in [9.17, 15) is 4.79 Å². The van der Waals surface area contributed by atoms with Crippen molar-refractivity contribution < 1.29 is 14.1 Å². The molecule has 0 radical (unpaired) electrons. The van der Waals surface area contributed by atoms with Crippen LogP contribution in [0.25, 0.3) is 11.5 Å². The Morgan fingerprint density at radius 2 is 2.00 bits per heavy atom. The van der Waals surface area contributed by atoms with Crippen LogP contribution in [0.3, 0.4) is 0 Å². The van der Waals surface area contributed by atoms with Crippen molar-refractivity contribution in [3.63, 3.8) is 0 Å². The van der Waals surface area contributed by atoms with Crippen molar-refractivity contribution in [2.45, 2.75) is 32.1 Å². The zero-order valence-corrected chi connectivity index (χ0v) is 16.8. The molecule has 6 nitrogen and oxygen atoms in total. The lowest BCUT2D eigenvalue weighted by Crippen LogP contribution is -2.40. The highest BCUT2D eigenvalue weighted by Gasteiger charge is 2.28. The maximum atomic E-state index is 12.8. The van der Waals surface area contributed by atoms with Crippen LogP contribution in [-0.2, 0) is 11.2 Å². The summed E-state index contributed by atoms with van der Waals surface area (Å²) in [5.74, 6) is 2.02. The Kier molecular flexibility index (Phi) is 5.60. The van der Waals surface area contributed by atoms with Gasteiger partial charge in [0.05, 0.1) is 19.1 Å². The van der Waals surface area contributed by atoms with Gasteiger partial charge in [-0.3, -0.25) is 4.79 Å². The molecule has 150 valence electrons. The molecule has 0 N–H and O–H groups in total. The number of aryl methyl sites for hydroxylation is 1. The van der Waals surface area contributed by atoms with Gasteiger partial charge in [-0.15, -0.1) is 0 Å². The molecule has 1 fully saturated rings. The summed E-state index contributed by atoms with van der Waals surface area (Å²) in [5.41, 5.74) is 3.01. The van der Waals surface area contributed by atoms with Crippen molar-refractivity contribution in [2.24, 2.45) is 0 Å². The molecule has 0 saturated carbocycles. The maximum Gasteiger partial charge on any atom is 0.261 e. The van der Waals surface area contributed by atoms with E-state index in [0.29, 0.717) is 30.4 Å². The number of ether oxygens (including phenoxy) is 1. The summed E-state index contributed by atoms with van der Waals surface area (Å²) < 4.78 is 10.9. The van der Waals surface area contributed by atoms with Gasteiger partial charge in [0.1, 0.15) is 5.75 Å². The number of aromatic nitrogens is 2. The molecule has 1 amide bonds. The molecule has 2 aromatic carbocycles. The summed E-state index contributed by atoms with van der Waals surface area (Å²) in [6, 6.07) is 15.7. The highest BCUT2D eigenvalue weighted by atomic mass is 16.5. The number of hydrogen-bond donors (Lipinski definition) is 0. The fourth-order valence-electron chi connectivity index (χ4n) is 3.74. The third kappa shape index (κ3) is 4.31. The second-order valence-electron chi connectivity index (χ2n) is 7.50. The molecule has 1 saturated heterocycles. The number of amides is 1. The Balaban J connectivity index is 1.45. The number of likely N-dealkylation sites (tertiary alicyclic amines) is 1. The fraction of sp³-hybridized carbons (Fsp3) is 0.348. The van der Waals surface area contributed by atoms with Crippen LogP contribution in [0.5, 0.6) is 5.75 Å². The van der Waals surface area contributed by atoms with Crippen LogP contribution >= 0.6 is 0 Å². The highest BCUT2D eigenvalue weighted by molar-refractivity contribution is 5.79. The standard InChI is InChI=1S/C23H25N3O3/c1-16-9-11-17(12-10-16)14-21(27)26-13-5-6-18(15-26)22-24-23(29-25-22)19-7-3-4-8-20(19)28-2/h3-4,7-12,18H,5-6,13-15H2,1-2H3/t18-/m0/s1. The number of benzene rings is 2. The molecule has 1 aliphatic heterocycles. The summed E-state index contributed by atoms with van der Waals surface area (Å²) in [5, 5.41) is 4.20. The lowest BCUT2D eigenvalue weighted by Gasteiger charge is -2.31. The van der Waals surface area contributed by atoms with Crippen molar-refractivity contribution in [2.75, 3.05) is 20.2 Å². The van der Waals surface area contributed by atoms with Crippen molar-refractivity contribution in [1.82, 2.24) is 15.0 Å². The summed E-state index contributed by atoms with van der Waals surface area (Å²) in [6.07, 6.45) is 2.30. The van der Waals surface area contributed by atoms with Gasteiger partial charge >= 0.3 is 0 Å². The Labute approximate surface area is 170 Å². The van der Waals surface area contributed by atoms with Crippen LogP contribution in [0, 0.1) is 6.92 Å². The molecule has 0 bridgehead atoms. The third-order valence-corrected chi connectivity index (χ3v) is 5.39. The monoisotopic (exact) mass is 391 g/mol. The summed E-state index contributed by atoms with van der Waals surface area (Å²) in [6.45, 7) is 3.44. The summed E-state index contributed by atoms with van der Waals surface area (Å²) in [4.78, 5) is 19.3. The number of rotatable bonds is 5. The second-order valence-corrected chi connectivity index (χ2v) is 7.50. The van der Waals surface area contributed by atoms with Crippen LogP contribution < -0.4 is 4.74 Å².